The summed E-state index contributed by atoms with van der Waals surface area (Å²) in [5, 5.41) is 8.92. The lowest BCUT2D eigenvalue weighted by Crippen LogP contribution is -2.37. The fourth-order valence-electron chi connectivity index (χ4n) is 1.64. The van der Waals surface area contributed by atoms with Crippen molar-refractivity contribution in [2.75, 3.05) is 19.1 Å². The number of thioether (sulfide) groups is 1. The van der Waals surface area contributed by atoms with E-state index in [9.17, 15) is 9.59 Å². The zero-order valence-electron chi connectivity index (χ0n) is 11.5. The summed E-state index contributed by atoms with van der Waals surface area (Å²) >= 11 is 1.67. The van der Waals surface area contributed by atoms with E-state index in [1.54, 1.807) is 30.6 Å². The number of aromatic carboxylic acids is 1. The lowest BCUT2D eigenvalue weighted by Gasteiger charge is -2.24. The molecular formula is C13H18N2O3S. The molecule has 0 spiro atoms. The van der Waals surface area contributed by atoms with Gasteiger partial charge in [-0.1, -0.05) is 0 Å². The molecule has 1 atom stereocenters. The van der Waals surface area contributed by atoms with Crippen LogP contribution in [0.4, 0.5) is 0 Å². The maximum Gasteiger partial charge on any atom is 0.337 e. The first-order valence-corrected chi connectivity index (χ1v) is 7.25. The minimum absolute atomic E-state index is 0.101. The van der Waals surface area contributed by atoms with Gasteiger partial charge >= 0.3 is 5.97 Å². The summed E-state index contributed by atoms with van der Waals surface area (Å²) in [6, 6.07) is 2.98. The Balaban J connectivity index is 2.95. The summed E-state index contributed by atoms with van der Waals surface area (Å²) < 4.78 is 0. The first-order valence-electron chi connectivity index (χ1n) is 5.85. The normalized spacial score (nSPS) is 12.0. The molecule has 0 aromatic carbocycles. The number of rotatable bonds is 5. The average Bonchev–Trinajstić information content (AvgIpc) is 2.36. The molecule has 6 heteroatoms. The molecule has 19 heavy (non-hydrogen) atoms. The van der Waals surface area contributed by atoms with Gasteiger partial charge in [0.25, 0.3) is 5.91 Å². The molecule has 0 fully saturated rings. The summed E-state index contributed by atoms with van der Waals surface area (Å²) in [5.74, 6) is -0.385. The van der Waals surface area contributed by atoms with E-state index in [2.05, 4.69) is 4.98 Å². The quantitative estimate of drug-likeness (QED) is 0.893. The molecule has 0 aliphatic heterocycles. The first kappa shape index (κ1) is 15.5. The first-order chi connectivity index (χ1) is 8.88. The number of pyridine rings is 1. The predicted molar refractivity (Wildman–Crippen MR) is 75.9 cm³/mol. The third-order valence-electron chi connectivity index (χ3n) is 2.92. The number of aromatic nitrogens is 1. The number of aryl methyl sites for hydroxylation is 1. The summed E-state index contributed by atoms with van der Waals surface area (Å²) in [4.78, 5) is 28.8. The Morgan fingerprint density at radius 1 is 1.47 bits per heavy atom. The van der Waals surface area contributed by atoms with Crippen molar-refractivity contribution in [3.05, 3.63) is 29.1 Å². The van der Waals surface area contributed by atoms with Crippen LogP contribution in [0.15, 0.2) is 12.1 Å². The van der Waals surface area contributed by atoms with Gasteiger partial charge in [0, 0.05) is 18.8 Å². The fraction of sp³-hybridized carbons (Fsp3) is 0.462. The number of carbonyl (C=O) groups is 2. The number of carboxylic acids is 1. The predicted octanol–water partition coefficient (Wildman–Crippen LogP) is 1.91. The van der Waals surface area contributed by atoms with Gasteiger partial charge in [0.05, 0.1) is 11.3 Å². The Morgan fingerprint density at radius 3 is 2.58 bits per heavy atom. The maximum atomic E-state index is 12.2. The van der Waals surface area contributed by atoms with Crippen LogP contribution in [0.3, 0.4) is 0 Å². The molecule has 1 aromatic rings. The van der Waals surface area contributed by atoms with Gasteiger partial charge in [-0.2, -0.15) is 11.8 Å². The zero-order valence-corrected chi connectivity index (χ0v) is 12.3. The molecule has 1 N–H and O–H groups in total. The van der Waals surface area contributed by atoms with Gasteiger partial charge in [-0.05, 0) is 32.2 Å². The van der Waals surface area contributed by atoms with Crippen molar-refractivity contribution in [3.63, 3.8) is 0 Å². The molecule has 1 amide bonds. The second-order valence-electron chi connectivity index (χ2n) is 4.36. The van der Waals surface area contributed by atoms with Gasteiger partial charge in [-0.15, -0.1) is 0 Å². The fourth-order valence-corrected chi connectivity index (χ4v) is 2.35. The summed E-state index contributed by atoms with van der Waals surface area (Å²) in [7, 11) is 1.73. The van der Waals surface area contributed by atoms with E-state index in [0.29, 0.717) is 5.69 Å². The van der Waals surface area contributed by atoms with Crippen LogP contribution < -0.4 is 0 Å². The van der Waals surface area contributed by atoms with Gasteiger partial charge in [-0.25, -0.2) is 9.78 Å². The van der Waals surface area contributed by atoms with Crippen molar-refractivity contribution in [1.82, 2.24) is 9.88 Å². The lowest BCUT2D eigenvalue weighted by molar-refractivity contribution is 0.0691. The molecule has 0 saturated carbocycles. The summed E-state index contributed by atoms with van der Waals surface area (Å²) in [6.45, 7) is 3.55. The van der Waals surface area contributed by atoms with Crippen LogP contribution in [0.2, 0.25) is 0 Å². The highest BCUT2D eigenvalue weighted by Gasteiger charge is 2.19. The largest absolute Gasteiger partial charge is 0.478 e. The Bertz CT molecular complexity index is 491. The molecule has 0 bridgehead atoms. The Kier molecular flexibility index (Phi) is 5.35. The Hall–Kier alpha value is -1.56. The van der Waals surface area contributed by atoms with E-state index in [-0.39, 0.29) is 23.2 Å². The van der Waals surface area contributed by atoms with Gasteiger partial charge in [0.1, 0.15) is 5.69 Å². The zero-order chi connectivity index (χ0) is 14.6. The second-order valence-corrected chi connectivity index (χ2v) is 5.27. The monoisotopic (exact) mass is 282 g/mol. The minimum Gasteiger partial charge on any atom is -0.478 e. The van der Waals surface area contributed by atoms with E-state index >= 15 is 0 Å². The summed E-state index contributed by atoms with van der Waals surface area (Å²) in [5.41, 5.74) is 0.749. The molecule has 1 aromatic heterocycles. The van der Waals surface area contributed by atoms with E-state index in [1.807, 2.05) is 13.2 Å². The third-order valence-corrected chi connectivity index (χ3v) is 3.74. The summed E-state index contributed by atoms with van der Waals surface area (Å²) in [6.07, 6.45) is 1.98. The molecule has 1 unspecified atom stereocenters. The lowest BCUT2D eigenvalue weighted by atomic mass is 10.1. The van der Waals surface area contributed by atoms with Crippen LogP contribution in [-0.4, -0.2) is 52.0 Å². The van der Waals surface area contributed by atoms with Crippen LogP contribution in [0.25, 0.3) is 0 Å². The maximum absolute atomic E-state index is 12.2. The second kappa shape index (κ2) is 6.56. The van der Waals surface area contributed by atoms with Crippen molar-refractivity contribution >= 4 is 23.6 Å². The molecule has 1 rings (SSSR count). The Labute approximate surface area is 117 Å². The minimum atomic E-state index is -1.03. The number of nitrogens with zero attached hydrogens (tertiary/aromatic N) is 2. The van der Waals surface area contributed by atoms with E-state index < -0.39 is 5.97 Å². The molecule has 0 aliphatic carbocycles. The van der Waals surface area contributed by atoms with Crippen molar-refractivity contribution in [2.45, 2.75) is 19.9 Å². The van der Waals surface area contributed by atoms with Gasteiger partial charge < -0.3 is 10.0 Å². The van der Waals surface area contributed by atoms with Crippen LogP contribution in [0.1, 0.15) is 33.5 Å². The van der Waals surface area contributed by atoms with Gasteiger partial charge in [0.2, 0.25) is 0 Å². The van der Waals surface area contributed by atoms with Crippen LogP contribution >= 0.6 is 11.8 Å². The molecule has 0 radical (unpaired) electrons. The number of carboxylic acid groups (broad SMARTS) is 1. The average molecular weight is 282 g/mol. The highest BCUT2D eigenvalue weighted by Crippen LogP contribution is 2.11. The van der Waals surface area contributed by atoms with Gasteiger partial charge in [-0.3, -0.25) is 4.79 Å². The molecular weight excluding hydrogens is 264 g/mol. The van der Waals surface area contributed by atoms with Crippen LogP contribution in [0, 0.1) is 6.92 Å². The van der Waals surface area contributed by atoms with E-state index in [4.69, 9.17) is 5.11 Å². The smallest absolute Gasteiger partial charge is 0.337 e. The topological polar surface area (TPSA) is 70.5 Å². The highest BCUT2D eigenvalue weighted by atomic mass is 32.2. The van der Waals surface area contributed by atoms with E-state index in [1.165, 1.54) is 12.1 Å². The van der Waals surface area contributed by atoms with Crippen LogP contribution in [0.5, 0.6) is 0 Å². The number of hydrogen-bond acceptors (Lipinski definition) is 4. The number of hydrogen-bond donors (Lipinski definition) is 1. The SMILES string of the molecule is CSCC(C)N(C)C(=O)c1ccc(C(=O)O)c(C)n1. The van der Waals surface area contributed by atoms with Crippen molar-refractivity contribution < 1.29 is 14.7 Å². The van der Waals surface area contributed by atoms with Gasteiger partial charge in [0.15, 0.2) is 0 Å². The molecule has 5 nitrogen and oxygen atoms in total. The standard InChI is InChI=1S/C13H18N2O3S/c1-8(7-19-4)15(3)12(16)11-6-5-10(13(17)18)9(2)14-11/h5-6,8H,7H2,1-4H3,(H,17,18). The van der Waals surface area contributed by atoms with Crippen molar-refractivity contribution in [1.29, 1.82) is 0 Å². The highest BCUT2D eigenvalue weighted by molar-refractivity contribution is 7.98. The third kappa shape index (κ3) is 3.70. The van der Waals surface area contributed by atoms with E-state index in [0.717, 1.165) is 5.75 Å². The number of carbonyl (C=O) groups excluding carboxylic acids is 1. The molecule has 104 valence electrons. The molecule has 1 heterocycles. The molecule has 0 aliphatic rings. The Morgan fingerprint density at radius 2 is 2.11 bits per heavy atom. The van der Waals surface area contributed by atoms with Crippen LogP contribution in [-0.2, 0) is 0 Å². The van der Waals surface area contributed by atoms with Crippen molar-refractivity contribution in [3.8, 4) is 0 Å². The molecule has 0 saturated heterocycles. The number of amides is 1. The van der Waals surface area contributed by atoms with Crippen molar-refractivity contribution in [2.24, 2.45) is 0 Å².